The SMILES string of the molecule is CCOc1cc(C(C#N)N2CCNCC2)ccc1OC. The van der Waals surface area contributed by atoms with E-state index >= 15 is 0 Å². The number of hydrogen-bond donors (Lipinski definition) is 1. The summed E-state index contributed by atoms with van der Waals surface area (Å²) in [5.41, 5.74) is 0.957. The molecule has 0 amide bonds. The number of ether oxygens (including phenoxy) is 2. The van der Waals surface area contributed by atoms with Crippen molar-refractivity contribution in [1.82, 2.24) is 10.2 Å². The van der Waals surface area contributed by atoms with Crippen molar-refractivity contribution >= 4 is 0 Å². The van der Waals surface area contributed by atoms with Crippen molar-refractivity contribution in [3.05, 3.63) is 23.8 Å². The van der Waals surface area contributed by atoms with E-state index in [2.05, 4.69) is 16.3 Å². The van der Waals surface area contributed by atoms with Crippen LogP contribution in [0.2, 0.25) is 0 Å². The van der Waals surface area contributed by atoms with Gasteiger partial charge in [0.15, 0.2) is 11.5 Å². The normalized spacial score (nSPS) is 17.2. The Morgan fingerprint density at radius 2 is 2.10 bits per heavy atom. The van der Waals surface area contributed by atoms with E-state index in [0.29, 0.717) is 18.1 Å². The maximum Gasteiger partial charge on any atom is 0.161 e. The molecule has 1 atom stereocenters. The van der Waals surface area contributed by atoms with Gasteiger partial charge in [0.2, 0.25) is 0 Å². The molecule has 1 aliphatic heterocycles. The average Bonchev–Trinajstić information content (AvgIpc) is 2.50. The predicted molar refractivity (Wildman–Crippen MR) is 77.0 cm³/mol. The van der Waals surface area contributed by atoms with Crippen LogP contribution in [0.1, 0.15) is 18.5 Å². The molecule has 108 valence electrons. The van der Waals surface area contributed by atoms with Crippen molar-refractivity contribution < 1.29 is 9.47 Å². The largest absolute Gasteiger partial charge is 0.493 e. The number of piperazine rings is 1. The maximum absolute atomic E-state index is 9.49. The average molecular weight is 275 g/mol. The molecule has 1 N–H and O–H groups in total. The molecule has 0 aliphatic carbocycles. The highest BCUT2D eigenvalue weighted by atomic mass is 16.5. The molecule has 0 aromatic heterocycles. The summed E-state index contributed by atoms with van der Waals surface area (Å²) >= 11 is 0. The fraction of sp³-hybridized carbons (Fsp3) is 0.533. The van der Waals surface area contributed by atoms with Crippen LogP contribution >= 0.6 is 0 Å². The molecule has 0 spiro atoms. The van der Waals surface area contributed by atoms with E-state index in [1.54, 1.807) is 7.11 Å². The summed E-state index contributed by atoms with van der Waals surface area (Å²) in [4.78, 5) is 2.19. The first-order valence-corrected chi connectivity index (χ1v) is 6.95. The highest BCUT2D eigenvalue weighted by Crippen LogP contribution is 2.32. The van der Waals surface area contributed by atoms with Crippen LogP contribution in [-0.4, -0.2) is 44.8 Å². The Hall–Kier alpha value is -1.77. The number of nitrogens with one attached hydrogen (secondary N) is 1. The Morgan fingerprint density at radius 3 is 2.70 bits per heavy atom. The van der Waals surface area contributed by atoms with Crippen molar-refractivity contribution in [2.45, 2.75) is 13.0 Å². The fourth-order valence-electron chi connectivity index (χ4n) is 2.44. The van der Waals surface area contributed by atoms with Crippen LogP contribution in [0.3, 0.4) is 0 Å². The summed E-state index contributed by atoms with van der Waals surface area (Å²) in [6.45, 7) is 6.12. The molecule has 1 unspecified atom stereocenters. The monoisotopic (exact) mass is 275 g/mol. The van der Waals surface area contributed by atoms with Crippen LogP contribution < -0.4 is 14.8 Å². The summed E-state index contributed by atoms with van der Waals surface area (Å²) in [5.74, 6) is 1.40. The second-order valence-corrected chi connectivity index (χ2v) is 4.66. The highest BCUT2D eigenvalue weighted by molar-refractivity contribution is 5.44. The molecule has 0 saturated carbocycles. The summed E-state index contributed by atoms with van der Waals surface area (Å²) in [6, 6.07) is 7.89. The third-order valence-corrected chi connectivity index (χ3v) is 3.44. The van der Waals surface area contributed by atoms with Crippen molar-refractivity contribution in [2.75, 3.05) is 39.9 Å². The van der Waals surface area contributed by atoms with Crippen molar-refractivity contribution in [3.63, 3.8) is 0 Å². The summed E-state index contributed by atoms with van der Waals surface area (Å²) < 4.78 is 10.9. The predicted octanol–water partition coefficient (Wildman–Crippen LogP) is 1.56. The van der Waals surface area contributed by atoms with E-state index in [-0.39, 0.29) is 6.04 Å². The standard InChI is InChI=1S/C15H21N3O2/c1-3-20-15-10-12(4-5-14(15)19-2)13(11-16)18-8-6-17-7-9-18/h4-5,10,13,17H,3,6-9H2,1-2H3. The number of benzene rings is 1. The van der Waals surface area contributed by atoms with E-state index in [0.717, 1.165) is 31.7 Å². The molecule has 5 nitrogen and oxygen atoms in total. The van der Waals surface area contributed by atoms with E-state index in [9.17, 15) is 5.26 Å². The Labute approximate surface area is 120 Å². The Kier molecular flexibility index (Phi) is 5.22. The third-order valence-electron chi connectivity index (χ3n) is 3.44. The van der Waals surface area contributed by atoms with Crippen LogP contribution in [0, 0.1) is 11.3 Å². The van der Waals surface area contributed by atoms with Gasteiger partial charge in [-0.15, -0.1) is 0 Å². The molecule has 2 rings (SSSR count). The van der Waals surface area contributed by atoms with Gasteiger partial charge in [0.05, 0.1) is 19.8 Å². The number of hydrogen-bond acceptors (Lipinski definition) is 5. The highest BCUT2D eigenvalue weighted by Gasteiger charge is 2.22. The van der Waals surface area contributed by atoms with Gasteiger partial charge in [-0.3, -0.25) is 4.90 Å². The Bertz CT molecular complexity index is 478. The first kappa shape index (κ1) is 14.6. The minimum Gasteiger partial charge on any atom is -0.493 e. The van der Waals surface area contributed by atoms with Gasteiger partial charge in [-0.1, -0.05) is 6.07 Å². The van der Waals surface area contributed by atoms with Crippen LogP contribution in [0.25, 0.3) is 0 Å². The second-order valence-electron chi connectivity index (χ2n) is 4.66. The Morgan fingerprint density at radius 1 is 1.35 bits per heavy atom. The van der Waals surface area contributed by atoms with Gasteiger partial charge in [-0.25, -0.2) is 0 Å². The number of methoxy groups -OCH3 is 1. The third kappa shape index (κ3) is 3.21. The maximum atomic E-state index is 9.49. The van der Waals surface area contributed by atoms with E-state index < -0.39 is 0 Å². The van der Waals surface area contributed by atoms with Gasteiger partial charge in [-0.05, 0) is 24.6 Å². The lowest BCUT2D eigenvalue weighted by Crippen LogP contribution is -2.44. The summed E-state index contributed by atoms with van der Waals surface area (Å²) in [7, 11) is 1.62. The van der Waals surface area contributed by atoms with Crippen molar-refractivity contribution in [1.29, 1.82) is 5.26 Å². The topological polar surface area (TPSA) is 57.5 Å². The van der Waals surface area contributed by atoms with Crippen molar-refractivity contribution in [2.24, 2.45) is 0 Å². The molecule has 1 aromatic carbocycles. The van der Waals surface area contributed by atoms with E-state index in [4.69, 9.17) is 9.47 Å². The number of nitriles is 1. The smallest absolute Gasteiger partial charge is 0.161 e. The Balaban J connectivity index is 2.25. The molecule has 1 saturated heterocycles. The second kappa shape index (κ2) is 7.13. The first-order valence-electron chi connectivity index (χ1n) is 6.95. The van der Waals surface area contributed by atoms with Crippen molar-refractivity contribution in [3.8, 4) is 17.6 Å². The lowest BCUT2D eigenvalue weighted by Gasteiger charge is -2.31. The molecule has 1 heterocycles. The van der Waals surface area contributed by atoms with Crippen LogP contribution in [-0.2, 0) is 0 Å². The van der Waals surface area contributed by atoms with Crippen LogP contribution in [0.15, 0.2) is 18.2 Å². The van der Waals surface area contributed by atoms with E-state index in [1.165, 1.54) is 0 Å². The van der Waals surface area contributed by atoms with Crippen LogP contribution in [0.4, 0.5) is 0 Å². The first-order chi connectivity index (χ1) is 9.80. The molecule has 0 bridgehead atoms. The zero-order valence-corrected chi connectivity index (χ0v) is 12.1. The number of nitrogens with zero attached hydrogens (tertiary/aromatic N) is 2. The molecule has 20 heavy (non-hydrogen) atoms. The van der Waals surface area contributed by atoms with Gasteiger partial charge in [0.1, 0.15) is 6.04 Å². The summed E-state index contributed by atoms with van der Waals surface area (Å²) in [6.07, 6.45) is 0. The molecule has 0 radical (unpaired) electrons. The molecular weight excluding hydrogens is 254 g/mol. The molecule has 1 aromatic rings. The quantitative estimate of drug-likeness (QED) is 0.884. The minimum absolute atomic E-state index is 0.234. The lowest BCUT2D eigenvalue weighted by molar-refractivity contribution is 0.207. The van der Waals surface area contributed by atoms with Gasteiger partial charge in [0, 0.05) is 26.2 Å². The fourth-order valence-corrected chi connectivity index (χ4v) is 2.44. The van der Waals surface area contributed by atoms with Gasteiger partial charge in [0.25, 0.3) is 0 Å². The molecule has 1 aliphatic rings. The number of rotatable bonds is 5. The zero-order chi connectivity index (χ0) is 14.4. The molecule has 1 fully saturated rings. The zero-order valence-electron chi connectivity index (χ0n) is 12.1. The van der Waals surface area contributed by atoms with Gasteiger partial charge in [-0.2, -0.15) is 5.26 Å². The molecule has 5 heteroatoms. The van der Waals surface area contributed by atoms with Gasteiger partial charge < -0.3 is 14.8 Å². The van der Waals surface area contributed by atoms with Crippen LogP contribution in [0.5, 0.6) is 11.5 Å². The molecular formula is C15H21N3O2. The lowest BCUT2D eigenvalue weighted by atomic mass is 10.0. The summed E-state index contributed by atoms with van der Waals surface area (Å²) in [5, 5.41) is 12.8. The van der Waals surface area contributed by atoms with E-state index in [1.807, 2.05) is 25.1 Å². The van der Waals surface area contributed by atoms with Gasteiger partial charge >= 0.3 is 0 Å². The minimum atomic E-state index is -0.234.